The van der Waals surface area contributed by atoms with Gasteiger partial charge < -0.3 is 10.6 Å². The van der Waals surface area contributed by atoms with Crippen molar-refractivity contribution in [3.63, 3.8) is 0 Å². The third kappa shape index (κ3) is 3.92. The zero-order valence-electron chi connectivity index (χ0n) is 12.9. The molecule has 0 aliphatic carbocycles. The first-order chi connectivity index (χ1) is 12.4. The van der Waals surface area contributed by atoms with E-state index in [9.17, 15) is 18.0 Å². The van der Waals surface area contributed by atoms with Gasteiger partial charge in [0.2, 0.25) is 0 Å². The summed E-state index contributed by atoms with van der Waals surface area (Å²) in [6.45, 7) is 0. The van der Waals surface area contributed by atoms with Gasteiger partial charge in [0.25, 0.3) is 5.91 Å². The third-order valence-electron chi connectivity index (χ3n) is 3.26. The number of nitrogens with one attached hydrogen (secondary N) is 2. The van der Waals surface area contributed by atoms with Crippen LogP contribution in [0.4, 0.5) is 30.4 Å². The van der Waals surface area contributed by atoms with Crippen molar-refractivity contribution in [2.45, 2.75) is 0 Å². The first-order valence-corrected chi connectivity index (χ1v) is 7.61. The maximum Gasteiger partial charge on any atom is 0.275 e. The van der Waals surface area contributed by atoms with E-state index < -0.39 is 29.0 Å². The first-order valence-electron chi connectivity index (χ1n) is 7.23. The summed E-state index contributed by atoms with van der Waals surface area (Å²) in [7, 11) is 0. The number of carbonyl (C=O) groups is 1. The quantitative estimate of drug-likeness (QED) is 0.654. The van der Waals surface area contributed by atoms with Crippen LogP contribution >= 0.6 is 11.6 Å². The number of benzene rings is 2. The van der Waals surface area contributed by atoms with Crippen LogP contribution in [0.3, 0.4) is 0 Å². The summed E-state index contributed by atoms with van der Waals surface area (Å²) in [4.78, 5) is 20.0. The Morgan fingerprint density at radius 3 is 2.50 bits per heavy atom. The fraction of sp³-hybridized carbons (Fsp3) is 0. The van der Waals surface area contributed by atoms with E-state index in [0.717, 1.165) is 12.3 Å². The van der Waals surface area contributed by atoms with Gasteiger partial charge in [-0.3, -0.25) is 4.79 Å². The van der Waals surface area contributed by atoms with Gasteiger partial charge in [0.1, 0.15) is 11.5 Å². The third-order valence-corrected chi connectivity index (χ3v) is 3.50. The minimum atomic E-state index is -1.67. The molecule has 3 rings (SSSR count). The van der Waals surface area contributed by atoms with Crippen molar-refractivity contribution in [1.82, 2.24) is 9.97 Å². The predicted molar refractivity (Wildman–Crippen MR) is 91.0 cm³/mol. The monoisotopic (exact) mass is 378 g/mol. The smallest absolute Gasteiger partial charge is 0.275 e. The van der Waals surface area contributed by atoms with Crippen LogP contribution in [0.15, 0.2) is 48.8 Å². The number of hydrogen-bond donors (Lipinski definition) is 2. The van der Waals surface area contributed by atoms with Crippen molar-refractivity contribution in [2.75, 3.05) is 10.6 Å². The Labute approximate surface area is 150 Å². The Hall–Kier alpha value is -3.13. The van der Waals surface area contributed by atoms with Crippen molar-refractivity contribution in [1.29, 1.82) is 0 Å². The summed E-state index contributed by atoms with van der Waals surface area (Å²) in [6.07, 6.45) is 2.44. The molecule has 0 saturated carbocycles. The Balaban J connectivity index is 1.72. The van der Waals surface area contributed by atoms with E-state index in [1.54, 1.807) is 24.3 Å². The fourth-order valence-corrected chi connectivity index (χ4v) is 2.22. The van der Waals surface area contributed by atoms with E-state index in [1.165, 1.54) is 6.20 Å². The molecular formula is C17H10ClF3N4O. The van der Waals surface area contributed by atoms with Gasteiger partial charge in [-0.1, -0.05) is 17.7 Å². The lowest BCUT2D eigenvalue weighted by Gasteiger charge is -2.08. The van der Waals surface area contributed by atoms with Crippen molar-refractivity contribution < 1.29 is 18.0 Å². The molecule has 1 heterocycles. The zero-order chi connectivity index (χ0) is 18.7. The Kier molecular flexibility index (Phi) is 5.04. The molecule has 26 heavy (non-hydrogen) atoms. The molecule has 0 unspecified atom stereocenters. The molecule has 0 atom stereocenters. The van der Waals surface area contributed by atoms with Crippen molar-refractivity contribution >= 4 is 34.7 Å². The highest BCUT2D eigenvalue weighted by Gasteiger charge is 2.16. The van der Waals surface area contributed by atoms with Crippen LogP contribution < -0.4 is 10.6 Å². The molecule has 0 fully saturated rings. The Morgan fingerprint density at radius 1 is 1.00 bits per heavy atom. The lowest BCUT2D eigenvalue weighted by Crippen LogP contribution is -2.16. The number of hydrogen-bond acceptors (Lipinski definition) is 4. The second-order valence-electron chi connectivity index (χ2n) is 5.10. The summed E-state index contributed by atoms with van der Waals surface area (Å²) in [5, 5.41) is 5.59. The number of anilines is 3. The van der Waals surface area contributed by atoms with Gasteiger partial charge in [0.05, 0.1) is 18.1 Å². The van der Waals surface area contributed by atoms with E-state index in [4.69, 9.17) is 11.6 Å². The van der Waals surface area contributed by atoms with Gasteiger partial charge in [0.15, 0.2) is 17.5 Å². The Bertz CT molecular complexity index is 967. The van der Waals surface area contributed by atoms with E-state index >= 15 is 0 Å². The van der Waals surface area contributed by atoms with Gasteiger partial charge in [-0.2, -0.15) is 0 Å². The fourth-order valence-electron chi connectivity index (χ4n) is 2.03. The number of rotatable bonds is 4. The number of halogens is 4. The second-order valence-corrected chi connectivity index (χ2v) is 5.54. The minimum absolute atomic E-state index is 0.134. The second kappa shape index (κ2) is 7.40. The van der Waals surface area contributed by atoms with Crippen molar-refractivity contribution in [2.24, 2.45) is 0 Å². The van der Waals surface area contributed by atoms with Crippen LogP contribution in [0, 0.1) is 17.5 Å². The molecule has 1 amide bonds. The van der Waals surface area contributed by atoms with Gasteiger partial charge in [-0.15, -0.1) is 0 Å². The molecule has 132 valence electrons. The van der Waals surface area contributed by atoms with Crippen LogP contribution in [-0.4, -0.2) is 15.9 Å². The van der Waals surface area contributed by atoms with E-state index in [0.29, 0.717) is 22.6 Å². The molecule has 0 bridgehead atoms. The van der Waals surface area contributed by atoms with Gasteiger partial charge in [-0.05, 0) is 30.3 Å². The number of carbonyl (C=O) groups excluding carboxylic acids is 1. The predicted octanol–water partition coefficient (Wildman–Crippen LogP) is 4.54. The molecule has 2 N–H and O–H groups in total. The van der Waals surface area contributed by atoms with Crippen molar-refractivity contribution in [3.8, 4) is 0 Å². The summed E-state index contributed by atoms with van der Waals surface area (Å²) in [5.74, 6) is -4.99. The highest BCUT2D eigenvalue weighted by molar-refractivity contribution is 6.30. The summed E-state index contributed by atoms with van der Waals surface area (Å²) >= 11 is 5.88. The zero-order valence-corrected chi connectivity index (χ0v) is 13.7. The lowest BCUT2D eigenvalue weighted by atomic mass is 10.2. The molecule has 0 saturated heterocycles. The Morgan fingerprint density at radius 2 is 1.81 bits per heavy atom. The van der Waals surface area contributed by atoms with E-state index in [1.807, 2.05) is 0 Å². The van der Waals surface area contributed by atoms with Crippen LogP contribution in [-0.2, 0) is 0 Å². The van der Waals surface area contributed by atoms with Crippen LogP contribution in [0.2, 0.25) is 5.02 Å². The summed E-state index contributed by atoms with van der Waals surface area (Å²) < 4.78 is 39.7. The molecule has 0 aliphatic rings. The van der Waals surface area contributed by atoms with Gasteiger partial charge in [0, 0.05) is 10.7 Å². The highest BCUT2D eigenvalue weighted by atomic mass is 35.5. The average Bonchev–Trinajstić information content (AvgIpc) is 2.63. The normalized spacial score (nSPS) is 10.5. The summed E-state index contributed by atoms with van der Waals surface area (Å²) in [5.41, 5.74) is 0.0375. The minimum Gasteiger partial charge on any atom is -0.339 e. The van der Waals surface area contributed by atoms with E-state index in [2.05, 4.69) is 20.6 Å². The topological polar surface area (TPSA) is 66.9 Å². The highest BCUT2D eigenvalue weighted by Crippen LogP contribution is 2.21. The first kappa shape index (κ1) is 17.7. The van der Waals surface area contributed by atoms with Crippen LogP contribution in [0.5, 0.6) is 0 Å². The number of nitrogens with zero attached hydrogens (tertiary/aromatic N) is 2. The molecule has 3 aromatic rings. The SMILES string of the molecule is O=C(Nc1ccc(F)c(F)c1F)c1cnc(Nc2cccc(Cl)c2)cn1. The number of aromatic nitrogens is 2. The molecular weight excluding hydrogens is 369 g/mol. The molecule has 0 aliphatic heterocycles. The molecule has 1 aromatic heterocycles. The molecule has 0 radical (unpaired) electrons. The molecule has 0 spiro atoms. The maximum atomic E-state index is 13.6. The van der Waals surface area contributed by atoms with Crippen LogP contribution in [0.1, 0.15) is 10.5 Å². The standard InChI is InChI=1S/C17H10ClF3N4O/c18-9-2-1-3-10(6-9)24-14-8-22-13(7-23-14)17(26)25-12-5-4-11(19)15(20)16(12)21/h1-8H,(H,23,24)(H,25,26). The largest absolute Gasteiger partial charge is 0.339 e. The lowest BCUT2D eigenvalue weighted by molar-refractivity contribution is 0.102. The summed E-state index contributed by atoms with van der Waals surface area (Å²) in [6, 6.07) is 8.52. The molecule has 9 heteroatoms. The van der Waals surface area contributed by atoms with Gasteiger partial charge in [-0.25, -0.2) is 23.1 Å². The van der Waals surface area contributed by atoms with Crippen molar-refractivity contribution in [3.05, 3.63) is 77.0 Å². The number of amides is 1. The average molecular weight is 379 g/mol. The van der Waals surface area contributed by atoms with E-state index in [-0.39, 0.29) is 5.69 Å². The van der Waals surface area contributed by atoms with Crippen LogP contribution in [0.25, 0.3) is 0 Å². The molecule has 5 nitrogen and oxygen atoms in total. The van der Waals surface area contributed by atoms with Gasteiger partial charge >= 0.3 is 0 Å². The molecule has 2 aromatic carbocycles. The maximum absolute atomic E-state index is 13.6.